The van der Waals surface area contributed by atoms with Crippen LogP contribution in [-0.2, 0) is 11.3 Å². The van der Waals surface area contributed by atoms with Crippen LogP contribution in [0.5, 0.6) is 0 Å². The van der Waals surface area contributed by atoms with Crippen molar-refractivity contribution in [2.45, 2.75) is 19.5 Å². The van der Waals surface area contributed by atoms with Gasteiger partial charge in [0.05, 0.1) is 30.6 Å². The van der Waals surface area contributed by atoms with Crippen LogP contribution >= 0.6 is 0 Å². The molecule has 1 atom stereocenters. The molecule has 2 aromatic heterocycles. The van der Waals surface area contributed by atoms with Crippen LogP contribution in [-0.4, -0.2) is 39.8 Å². The SMILES string of the molecule is Cc1cccc(CN2CCOCC2c2ccn[nH]2)n1. The molecular formula is C14H18N4O. The lowest BCUT2D eigenvalue weighted by Gasteiger charge is -2.34. The normalized spacial score (nSPS) is 20.6. The first kappa shape index (κ1) is 12.3. The molecule has 1 unspecified atom stereocenters. The molecule has 1 aliphatic heterocycles. The van der Waals surface area contributed by atoms with Crippen molar-refractivity contribution in [3.8, 4) is 0 Å². The van der Waals surface area contributed by atoms with E-state index in [9.17, 15) is 0 Å². The Morgan fingerprint density at radius 2 is 2.37 bits per heavy atom. The zero-order chi connectivity index (χ0) is 13.1. The Kier molecular flexibility index (Phi) is 3.57. The van der Waals surface area contributed by atoms with E-state index < -0.39 is 0 Å². The topological polar surface area (TPSA) is 54.0 Å². The molecule has 0 aromatic carbocycles. The number of morpholine rings is 1. The first-order chi connectivity index (χ1) is 9.33. The van der Waals surface area contributed by atoms with Crippen molar-refractivity contribution in [1.29, 1.82) is 0 Å². The summed E-state index contributed by atoms with van der Waals surface area (Å²) in [6.07, 6.45) is 1.78. The first-order valence-corrected chi connectivity index (χ1v) is 6.56. The van der Waals surface area contributed by atoms with Crippen molar-refractivity contribution in [1.82, 2.24) is 20.1 Å². The average molecular weight is 258 g/mol. The summed E-state index contributed by atoms with van der Waals surface area (Å²) in [6.45, 7) is 5.26. The number of aromatic nitrogens is 3. The minimum atomic E-state index is 0.235. The van der Waals surface area contributed by atoms with Crippen LogP contribution in [0.25, 0.3) is 0 Å². The summed E-state index contributed by atoms with van der Waals surface area (Å²) >= 11 is 0. The summed E-state index contributed by atoms with van der Waals surface area (Å²) < 4.78 is 5.59. The molecule has 0 aliphatic carbocycles. The molecule has 0 amide bonds. The highest BCUT2D eigenvalue weighted by atomic mass is 16.5. The third kappa shape index (κ3) is 2.83. The fraction of sp³-hybridized carbons (Fsp3) is 0.429. The number of rotatable bonds is 3. The van der Waals surface area contributed by atoms with E-state index in [2.05, 4.69) is 32.2 Å². The van der Waals surface area contributed by atoms with Gasteiger partial charge >= 0.3 is 0 Å². The fourth-order valence-corrected chi connectivity index (χ4v) is 2.46. The maximum absolute atomic E-state index is 5.59. The van der Waals surface area contributed by atoms with Gasteiger partial charge in [0.25, 0.3) is 0 Å². The lowest BCUT2D eigenvalue weighted by molar-refractivity contribution is -0.0148. The van der Waals surface area contributed by atoms with Gasteiger partial charge in [-0.15, -0.1) is 0 Å². The van der Waals surface area contributed by atoms with E-state index in [1.54, 1.807) is 6.20 Å². The summed E-state index contributed by atoms with van der Waals surface area (Å²) in [5.41, 5.74) is 3.27. The van der Waals surface area contributed by atoms with Crippen LogP contribution in [0.1, 0.15) is 23.1 Å². The highest BCUT2D eigenvalue weighted by Gasteiger charge is 2.25. The van der Waals surface area contributed by atoms with Gasteiger partial charge in [-0.25, -0.2) is 0 Å². The van der Waals surface area contributed by atoms with Gasteiger partial charge in [-0.05, 0) is 25.1 Å². The average Bonchev–Trinajstić information content (AvgIpc) is 2.93. The second-order valence-corrected chi connectivity index (χ2v) is 4.84. The molecule has 2 aromatic rings. The number of aryl methyl sites for hydroxylation is 1. The third-order valence-electron chi connectivity index (χ3n) is 3.43. The summed E-state index contributed by atoms with van der Waals surface area (Å²) in [4.78, 5) is 6.96. The number of pyridine rings is 1. The monoisotopic (exact) mass is 258 g/mol. The van der Waals surface area contributed by atoms with Gasteiger partial charge in [-0.2, -0.15) is 5.10 Å². The molecule has 19 heavy (non-hydrogen) atoms. The van der Waals surface area contributed by atoms with E-state index in [0.717, 1.165) is 36.8 Å². The summed E-state index contributed by atoms with van der Waals surface area (Å²) in [7, 11) is 0. The Balaban J connectivity index is 1.77. The highest BCUT2D eigenvalue weighted by molar-refractivity contribution is 5.12. The lowest BCUT2D eigenvalue weighted by atomic mass is 10.1. The van der Waals surface area contributed by atoms with Crippen molar-refractivity contribution in [2.75, 3.05) is 19.8 Å². The smallest absolute Gasteiger partial charge is 0.0756 e. The zero-order valence-electron chi connectivity index (χ0n) is 11.0. The van der Waals surface area contributed by atoms with Crippen LogP contribution in [0.15, 0.2) is 30.5 Å². The molecule has 0 bridgehead atoms. The van der Waals surface area contributed by atoms with Gasteiger partial charge < -0.3 is 4.74 Å². The zero-order valence-corrected chi connectivity index (χ0v) is 11.0. The Hall–Kier alpha value is -1.72. The van der Waals surface area contributed by atoms with E-state index in [-0.39, 0.29) is 6.04 Å². The molecular weight excluding hydrogens is 240 g/mol. The van der Waals surface area contributed by atoms with Crippen molar-refractivity contribution < 1.29 is 4.74 Å². The fourth-order valence-electron chi connectivity index (χ4n) is 2.46. The molecule has 1 aliphatic rings. The second kappa shape index (κ2) is 5.50. The van der Waals surface area contributed by atoms with Gasteiger partial charge in [0, 0.05) is 25.0 Å². The second-order valence-electron chi connectivity index (χ2n) is 4.84. The molecule has 3 heterocycles. The van der Waals surface area contributed by atoms with Crippen LogP contribution in [0.2, 0.25) is 0 Å². The van der Waals surface area contributed by atoms with E-state index in [1.807, 2.05) is 19.1 Å². The van der Waals surface area contributed by atoms with Crippen LogP contribution in [0, 0.1) is 6.92 Å². The first-order valence-electron chi connectivity index (χ1n) is 6.56. The van der Waals surface area contributed by atoms with E-state index in [0.29, 0.717) is 6.61 Å². The van der Waals surface area contributed by atoms with Gasteiger partial charge in [0.2, 0.25) is 0 Å². The number of nitrogens with zero attached hydrogens (tertiary/aromatic N) is 3. The van der Waals surface area contributed by atoms with Crippen molar-refractivity contribution in [3.05, 3.63) is 47.5 Å². The lowest BCUT2D eigenvalue weighted by Crippen LogP contribution is -2.39. The number of ether oxygens (including phenoxy) is 1. The summed E-state index contributed by atoms with van der Waals surface area (Å²) in [5.74, 6) is 0. The number of hydrogen-bond acceptors (Lipinski definition) is 4. The predicted molar refractivity (Wildman–Crippen MR) is 71.5 cm³/mol. The van der Waals surface area contributed by atoms with Gasteiger partial charge in [0.1, 0.15) is 0 Å². The molecule has 0 radical (unpaired) electrons. The minimum absolute atomic E-state index is 0.235. The molecule has 5 nitrogen and oxygen atoms in total. The van der Waals surface area contributed by atoms with Gasteiger partial charge in [-0.3, -0.25) is 15.0 Å². The van der Waals surface area contributed by atoms with E-state index in [4.69, 9.17) is 4.74 Å². The van der Waals surface area contributed by atoms with Gasteiger partial charge in [-0.1, -0.05) is 6.07 Å². The minimum Gasteiger partial charge on any atom is -0.378 e. The van der Waals surface area contributed by atoms with Crippen LogP contribution in [0.3, 0.4) is 0 Å². The number of hydrogen-bond donors (Lipinski definition) is 1. The largest absolute Gasteiger partial charge is 0.378 e. The molecule has 0 saturated carbocycles. The van der Waals surface area contributed by atoms with Gasteiger partial charge in [0.15, 0.2) is 0 Å². The van der Waals surface area contributed by atoms with Crippen LogP contribution < -0.4 is 0 Å². The highest BCUT2D eigenvalue weighted by Crippen LogP contribution is 2.23. The maximum atomic E-state index is 5.59. The summed E-state index contributed by atoms with van der Waals surface area (Å²) in [5, 5.41) is 7.07. The molecule has 100 valence electrons. The number of aromatic amines is 1. The molecule has 3 rings (SSSR count). The predicted octanol–water partition coefficient (Wildman–Crippen LogP) is 1.69. The molecule has 0 spiro atoms. The van der Waals surface area contributed by atoms with E-state index >= 15 is 0 Å². The Bertz CT molecular complexity index is 526. The Morgan fingerprint density at radius 3 is 3.16 bits per heavy atom. The number of nitrogens with one attached hydrogen (secondary N) is 1. The molecule has 5 heteroatoms. The summed E-state index contributed by atoms with van der Waals surface area (Å²) in [6, 6.07) is 8.40. The Morgan fingerprint density at radius 1 is 1.42 bits per heavy atom. The number of H-pyrrole nitrogens is 1. The van der Waals surface area contributed by atoms with Crippen molar-refractivity contribution in [2.24, 2.45) is 0 Å². The third-order valence-corrected chi connectivity index (χ3v) is 3.43. The quantitative estimate of drug-likeness (QED) is 0.910. The Labute approximate surface area is 112 Å². The van der Waals surface area contributed by atoms with E-state index in [1.165, 1.54) is 0 Å². The van der Waals surface area contributed by atoms with Crippen LogP contribution in [0.4, 0.5) is 0 Å². The standard InChI is InChI=1S/C14H18N4O/c1-11-3-2-4-12(16-11)9-18-7-8-19-10-14(18)13-5-6-15-17-13/h2-6,14H,7-10H2,1H3,(H,15,17). The van der Waals surface area contributed by atoms with Crippen molar-refractivity contribution in [3.63, 3.8) is 0 Å². The van der Waals surface area contributed by atoms with Crippen molar-refractivity contribution >= 4 is 0 Å². The maximum Gasteiger partial charge on any atom is 0.0756 e. The molecule has 1 saturated heterocycles. The molecule has 1 fully saturated rings. The molecule has 1 N–H and O–H groups in total.